The second kappa shape index (κ2) is 5.55. The van der Waals surface area contributed by atoms with Crippen molar-refractivity contribution >= 4 is 39.1 Å². The predicted molar refractivity (Wildman–Crippen MR) is 78.3 cm³/mol. The highest BCUT2D eigenvalue weighted by molar-refractivity contribution is 9.10. The average Bonchev–Trinajstić information content (AvgIpc) is 2.32. The standard InChI is InChI=1S/C14H11BrClNO/c1-9-8-11(16)4-7-13(9)14(18)17-12-5-2-10(15)3-6-12/h2-8H,1H3,(H,17,18). The van der Waals surface area contributed by atoms with Crippen molar-refractivity contribution in [3.05, 3.63) is 63.1 Å². The summed E-state index contributed by atoms with van der Waals surface area (Å²) in [6.07, 6.45) is 0. The van der Waals surface area contributed by atoms with Gasteiger partial charge in [-0.05, 0) is 55.0 Å². The Labute approximate surface area is 119 Å². The van der Waals surface area contributed by atoms with Gasteiger partial charge in [-0.3, -0.25) is 4.79 Å². The fourth-order valence-corrected chi connectivity index (χ4v) is 2.10. The number of carbonyl (C=O) groups excluding carboxylic acids is 1. The van der Waals surface area contributed by atoms with E-state index >= 15 is 0 Å². The first-order chi connectivity index (χ1) is 8.56. The molecule has 2 rings (SSSR count). The summed E-state index contributed by atoms with van der Waals surface area (Å²) in [4.78, 5) is 12.1. The summed E-state index contributed by atoms with van der Waals surface area (Å²) in [5.74, 6) is -0.133. The highest BCUT2D eigenvalue weighted by atomic mass is 79.9. The lowest BCUT2D eigenvalue weighted by Gasteiger charge is -2.08. The molecule has 0 radical (unpaired) electrons. The van der Waals surface area contributed by atoms with Crippen molar-refractivity contribution in [1.82, 2.24) is 0 Å². The van der Waals surface area contributed by atoms with Crippen molar-refractivity contribution in [2.75, 3.05) is 5.32 Å². The summed E-state index contributed by atoms with van der Waals surface area (Å²) >= 11 is 9.21. The van der Waals surface area contributed by atoms with Gasteiger partial charge in [0.25, 0.3) is 5.91 Å². The first-order valence-electron chi connectivity index (χ1n) is 5.39. The van der Waals surface area contributed by atoms with Crippen LogP contribution in [0.5, 0.6) is 0 Å². The molecule has 0 heterocycles. The summed E-state index contributed by atoms with van der Waals surface area (Å²) in [7, 11) is 0. The van der Waals surface area contributed by atoms with Crippen LogP contribution in [-0.2, 0) is 0 Å². The third-order valence-electron chi connectivity index (χ3n) is 2.54. The molecule has 0 bridgehead atoms. The Kier molecular flexibility index (Phi) is 4.04. The number of hydrogen-bond donors (Lipinski definition) is 1. The molecule has 0 saturated heterocycles. The van der Waals surface area contributed by atoms with Gasteiger partial charge in [-0.2, -0.15) is 0 Å². The van der Waals surface area contributed by atoms with Gasteiger partial charge in [0, 0.05) is 20.7 Å². The van der Waals surface area contributed by atoms with E-state index in [4.69, 9.17) is 11.6 Å². The SMILES string of the molecule is Cc1cc(Cl)ccc1C(=O)Nc1ccc(Br)cc1. The predicted octanol–water partition coefficient (Wildman–Crippen LogP) is 4.66. The molecule has 1 N–H and O–H groups in total. The van der Waals surface area contributed by atoms with Crippen LogP contribution in [0.25, 0.3) is 0 Å². The van der Waals surface area contributed by atoms with Crippen LogP contribution in [0.2, 0.25) is 5.02 Å². The summed E-state index contributed by atoms with van der Waals surface area (Å²) in [6, 6.07) is 12.7. The van der Waals surface area contributed by atoms with Gasteiger partial charge < -0.3 is 5.32 Å². The molecule has 0 atom stereocenters. The fraction of sp³-hybridized carbons (Fsp3) is 0.0714. The van der Waals surface area contributed by atoms with Crippen molar-refractivity contribution in [1.29, 1.82) is 0 Å². The van der Waals surface area contributed by atoms with Gasteiger partial charge in [0.2, 0.25) is 0 Å². The second-order valence-electron chi connectivity index (χ2n) is 3.92. The minimum atomic E-state index is -0.133. The first-order valence-corrected chi connectivity index (χ1v) is 6.56. The zero-order valence-corrected chi connectivity index (χ0v) is 12.0. The monoisotopic (exact) mass is 323 g/mol. The van der Waals surface area contributed by atoms with Crippen LogP contribution in [0.15, 0.2) is 46.9 Å². The maximum atomic E-state index is 12.1. The topological polar surface area (TPSA) is 29.1 Å². The number of halogens is 2. The normalized spacial score (nSPS) is 10.2. The van der Waals surface area contributed by atoms with Crippen molar-refractivity contribution < 1.29 is 4.79 Å². The highest BCUT2D eigenvalue weighted by Gasteiger charge is 2.09. The number of rotatable bonds is 2. The lowest BCUT2D eigenvalue weighted by Crippen LogP contribution is -2.13. The molecule has 4 heteroatoms. The van der Waals surface area contributed by atoms with Crippen LogP contribution in [0.4, 0.5) is 5.69 Å². The van der Waals surface area contributed by atoms with E-state index in [1.54, 1.807) is 18.2 Å². The maximum Gasteiger partial charge on any atom is 0.255 e. The summed E-state index contributed by atoms with van der Waals surface area (Å²) in [6.45, 7) is 1.86. The fourth-order valence-electron chi connectivity index (χ4n) is 1.61. The molecule has 0 aliphatic carbocycles. The maximum absolute atomic E-state index is 12.1. The number of hydrogen-bond acceptors (Lipinski definition) is 1. The zero-order chi connectivity index (χ0) is 13.1. The molecular formula is C14H11BrClNO. The molecule has 18 heavy (non-hydrogen) atoms. The molecule has 1 amide bonds. The van der Waals surface area contributed by atoms with Crippen LogP contribution in [0.3, 0.4) is 0 Å². The molecule has 0 spiro atoms. The Bertz CT molecular complexity index is 581. The van der Waals surface area contributed by atoms with E-state index in [-0.39, 0.29) is 5.91 Å². The third-order valence-corrected chi connectivity index (χ3v) is 3.30. The van der Waals surface area contributed by atoms with Crippen molar-refractivity contribution in [2.24, 2.45) is 0 Å². The molecule has 2 aromatic carbocycles. The van der Waals surface area contributed by atoms with E-state index in [9.17, 15) is 4.79 Å². The molecule has 0 saturated carbocycles. The minimum Gasteiger partial charge on any atom is -0.322 e. The van der Waals surface area contributed by atoms with Crippen molar-refractivity contribution in [3.63, 3.8) is 0 Å². The summed E-state index contributed by atoms with van der Waals surface area (Å²) in [5, 5.41) is 3.47. The van der Waals surface area contributed by atoms with Crippen LogP contribution in [-0.4, -0.2) is 5.91 Å². The molecule has 92 valence electrons. The minimum absolute atomic E-state index is 0.133. The highest BCUT2D eigenvalue weighted by Crippen LogP contribution is 2.18. The van der Waals surface area contributed by atoms with Crippen LogP contribution >= 0.6 is 27.5 Å². The second-order valence-corrected chi connectivity index (χ2v) is 5.27. The first kappa shape index (κ1) is 13.1. The lowest BCUT2D eigenvalue weighted by molar-refractivity contribution is 0.102. The Morgan fingerprint density at radius 2 is 1.83 bits per heavy atom. The molecule has 0 aromatic heterocycles. The number of nitrogens with one attached hydrogen (secondary N) is 1. The number of anilines is 1. The van der Waals surface area contributed by atoms with Gasteiger partial charge in [-0.1, -0.05) is 27.5 Å². The van der Waals surface area contributed by atoms with Crippen molar-refractivity contribution in [2.45, 2.75) is 6.92 Å². The van der Waals surface area contributed by atoms with Crippen molar-refractivity contribution in [3.8, 4) is 0 Å². The van der Waals surface area contributed by atoms with E-state index < -0.39 is 0 Å². The van der Waals surface area contributed by atoms with Gasteiger partial charge in [0.1, 0.15) is 0 Å². The van der Waals surface area contributed by atoms with Gasteiger partial charge in [0.15, 0.2) is 0 Å². The quantitative estimate of drug-likeness (QED) is 0.855. The largest absolute Gasteiger partial charge is 0.322 e. The molecule has 2 nitrogen and oxygen atoms in total. The molecule has 0 aliphatic heterocycles. The molecular weight excluding hydrogens is 314 g/mol. The van der Waals surface area contributed by atoms with Crippen LogP contribution in [0, 0.1) is 6.92 Å². The Hall–Kier alpha value is -1.32. The van der Waals surface area contributed by atoms with Gasteiger partial charge >= 0.3 is 0 Å². The summed E-state index contributed by atoms with van der Waals surface area (Å²) < 4.78 is 0.975. The average molecular weight is 325 g/mol. The Balaban J connectivity index is 2.19. The van der Waals surface area contributed by atoms with Crippen LogP contribution < -0.4 is 5.32 Å². The smallest absolute Gasteiger partial charge is 0.255 e. The molecule has 2 aromatic rings. The van der Waals surface area contributed by atoms with Gasteiger partial charge in [-0.15, -0.1) is 0 Å². The van der Waals surface area contributed by atoms with E-state index in [0.717, 1.165) is 15.7 Å². The molecule has 0 unspecified atom stereocenters. The van der Waals surface area contributed by atoms with E-state index in [2.05, 4.69) is 21.2 Å². The number of carbonyl (C=O) groups is 1. The number of amides is 1. The number of aryl methyl sites for hydroxylation is 1. The van der Waals surface area contributed by atoms with Crippen LogP contribution in [0.1, 0.15) is 15.9 Å². The Morgan fingerprint density at radius 1 is 1.17 bits per heavy atom. The summed E-state index contributed by atoms with van der Waals surface area (Å²) in [5.41, 5.74) is 2.25. The zero-order valence-electron chi connectivity index (χ0n) is 9.71. The Morgan fingerprint density at radius 3 is 2.44 bits per heavy atom. The van der Waals surface area contributed by atoms with Gasteiger partial charge in [0.05, 0.1) is 0 Å². The van der Waals surface area contributed by atoms with E-state index in [0.29, 0.717) is 10.6 Å². The lowest BCUT2D eigenvalue weighted by atomic mass is 10.1. The molecule has 0 fully saturated rings. The van der Waals surface area contributed by atoms with E-state index in [1.807, 2.05) is 31.2 Å². The van der Waals surface area contributed by atoms with E-state index in [1.165, 1.54) is 0 Å². The molecule has 0 aliphatic rings. The number of benzene rings is 2. The van der Waals surface area contributed by atoms with Gasteiger partial charge in [-0.25, -0.2) is 0 Å². The third kappa shape index (κ3) is 3.12.